The molecule has 2 rings (SSSR count). The van der Waals surface area contributed by atoms with Crippen LogP contribution in [0.15, 0.2) is 54.6 Å². The molecular formula is C30H39N3O4. The number of hydrogen-bond donors (Lipinski definition) is 2. The normalized spacial score (nSPS) is 12.7. The van der Waals surface area contributed by atoms with Gasteiger partial charge in [0.25, 0.3) is 0 Å². The van der Waals surface area contributed by atoms with Gasteiger partial charge in [-0.1, -0.05) is 62.2 Å². The summed E-state index contributed by atoms with van der Waals surface area (Å²) in [6.45, 7) is 11.6. The number of amides is 3. The molecule has 2 unspecified atom stereocenters. The number of benzene rings is 2. The number of nitrogens with one attached hydrogen (secondary N) is 2. The van der Waals surface area contributed by atoms with Gasteiger partial charge >= 0.3 is 6.09 Å². The fourth-order valence-electron chi connectivity index (χ4n) is 3.92. The lowest BCUT2D eigenvalue weighted by atomic mass is 9.98. The first kappa shape index (κ1) is 29.4. The highest BCUT2D eigenvalue weighted by Crippen LogP contribution is 2.24. The van der Waals surface area contributed by atoms with Crippen molar-refractivity contribution in [3.8, 4) is 12.3 Å². The Bertz CT molecular complexity index is 1080. The van der Waals surface area contributed by atoms with E-state index >= 15 is 0 Å². The van der Waals surface area contributed by atoms with Crippen LogP contribution in [0.4, 0.5) is 4.79 Å². The topological polar surface area (TPSA) is 87.7 Å². The number of ether oxygens (including phenoxy) is 1. The Morgan fingerprint density at radius 3 is 2.16 bits per heavy atom. The summed E-state index contributed by atoms with van der Waals surface area (Å²) in [5, 5.41) is 5.69. The molecule has 0 radical (unpaired) electrons. The molecule has 0 heterocycles. The van der Waals surface area contributed by atoms with Gasteiger partial charge in [0.2, 0.25) is 11.8 Å². The van der Waals surface area contributed by atoms with Crippen LogP contribution in [0.1, 0.15) is 70.7 Å². The third-order valence-corrected chi connectivity index (χ3v) is 5.58. The Morgan fingerprint density at radius 1 is 1.03 bits per heavy atom. The summed E-state index contributed by atoms with van der Waals surface area (Å²) in [4.78, 5) is 41.5. The number of rotatable bonds is 10. The molecule has 2 atom stereocenters. The lowest BCUT2D eigenvalue weighted by Gasteiger charge is -2.34. The lowest BCUT2D eigenvalue weighted by molar-refractivity contribution is -0.142. The molecule has 0 aromatic heterocycles. The van der Waals surface area contributed by atoms with Gasteiger partial charge in [0, 0.05) is 18.7 Å². The number of terminal acetylenes is 1. The van der Waals surface area contributed by atoms with E-state index in [1.54, 1.807) is 45.0 Å². The van der Waals surface area contributed by atoms with Crippen molar-refractivity contribution < 1.29 is 19.1 Å². The first-order valence-electron chi connectivity index (χ1n) is 12.6. The number of likely N-dealkylation sites (N-methyl/N-ethyl adjacent to an activating group) is 1. The number of carbonyl (C=O) groups is 3. The van der Waals surface area contributed by atoms with Crippen LogP contribution in [-0.2, 0) is 20.9 Å². The minimum atomic E-state index is -0.914. The molecule has 0 aliphatic heterocycles. The molecule has 0 bridgehead atoms. The van der Waals surface area contributed by atoms with Crippen molar-refractivity contribution in [1.82, 2.24) is 15.5 Å². The van der Waals surface area contributed by atoms with Crippen LogP contribution in [0, 0.1) is 18.3 Å². The maximum absolute atomic E-state index is 13.9. The van der Waals surface area contributed by atoms with Crippen LogP contribution in [0.25, 0.3) is 0 Å². The van der Waals surface area contributed by atoms with Crippen molar-refractivity contribution in [3.63, 3.8) is 0 Å². The van der Waals surface area contributed by atoms with Crippen molar-refractivity contribution in [2.45, 2.75) is 72.2 Å². The lowest BCUT2D eigenvalue weighted by Crippen LogP contribution is -2.53. The second kappa shape index (κ2) is 13.5. The molecule has 2 aromatic rings. The van der Waals surface area contributed by atoms with E-state index < -0.39 is 23.8 Å². The van der Waals surface area contributed by atoms with Crippen molar-refractivity contribution >= 4 is 17.9 Å². The molecule has 7 heteroatoms. The first-order chi connectivity index (χ1) is 17.4. The minimum absolute atomic E-state index is 0.114. The molecule has 0 aliphatic carbocycles. The van der Waals surface area contributed by atoms with E-state index in [1.807, 2.05) is 51.1 Å². The van der Waals surface area contributed by atoms with Crippen LogP contribution >= 0.6 is 0 Å². The largest absolute Gasteiger partial charge is 0.444 e. The van der Waals surface area contributed by atoms with Gasteiger partial charge in [0.05, 0.1) is 0 Å². The molecule has 3 amide bonds. The number of hydrogen-bond acceptors (Lipinski definition) is 4. The smallest absolute Gasteiger partial charge is 0.408 e. The SMILES string of the molecule is C#Cc1ccc(C(C(=O)NCc2ccccc2)N(CC)C(=O)C(CC(C)C)NC(=O)OC(C)(C)C)cc1. The van der Waals surface area contributed by atoms with Crippen LogP contribution < -0.4 is 10.6 Å². The maximum atomic E-state index is 13.9. The van der Waals surface area contributed by atoms with Crippen molar-refractivity contribution in [3.05, 3.63) is 71.3 Å². The average molecular weight is 506 g/mol. The summed E-state index contributed by atoms with van der Waals surface area (Å²) in [6, 6.07) is 14.8. The first-order valence-corrected chi connectivity index (χ1v) is 12.6. The number of alkyl carbamates (subject to hydrolysis) is 1. The van der Waals surface area contributed by atoms with E-state index in [4.69, 9.17) is 11.2 Å². The Balaban J connectivity index is 2.39. The van der Waals surface area contributed by atoms with E-state index in [0.717, 1.165) is 5.56 Å². The molecule has 7 nitrogen and oxygen atoms in total. The number of nitrogens with zero attached hydrogens (tertiary/aromatic N) is 1. The summed E-state index contributed by atoms with van der Waals surface area (Å²) >= 11 is 0. The minimum Gasteiger partial charge on any atom is -0.444 e. The summed E-state index contributed by atoms with van der Waals surface area (Å²) in [5.74, 6) is 2.00. The summed E-state index contributed by atoms with van der Waals surface area (Å²) in [6.07, 6.45) is 5.23. The van der Waals surface area contributed by atoms with Gasteiger partial charge in [-0.2, -0.15) is 0 Å². The quantitative estimate of drug-likeness (QED) is 0.454. The fraction of sp³-hybridized carbons (Fsp3) is 0.433. The fourth-order valence-corrected chi connectivity index (χ4v) is 3.92. The molecule has 0 fully saturated rings. The highest BCUT2D eigenvalue weighted by molar-refractivity contribution is 5.92. The van der Waals surface area contributed by atoms with Crippen LogP contribution in [0.3, 0.4) is 0 Å². The van der Waals surface area contributed by atoms with Gasteiger partial charge in [-0.15, -0.1) is 6.42 Å². The predicted molar refractivity (Wildman–Crippen MR) is 145 cm³/mol. The molecular weight excluding hydrogens is 466 g/mol. The predicted octanol–water partition coefficient (Wildman–Crippen LogP) is 4.81. The van der Waals surface area contributed by atoms with Crippen molar-refractivity contribution in [1.29, 1.82) is 0 Å². The zero-order chi connectivity index (χ0) is 27.6. The van der Waals surface area contributed by atoms with Gasteiger partial charge in [0.15, 0.2) is 0 Å². The number of carbonyl (C=O) groups excluding carboxylic acids is 3. The Morgan fingerprint density at radius 2 is 1.65 bits per heavy atom. The highest BCUT2D eigenvalue weighted by atomic mass is 16.6. The zero-order valence-corrected chi connectivity index (χ0v) is 22.7. The second-order valence-electron chi connectivity index (χ2n) is 10.3. The highest BCUT2D eigenvalue weighted by Gasteiger charge is 2.35. The molecule has 37 heavy (non-hydrogen) atoms. The molecule has 0 saturated heterocycles. The summed E-state index contributed by atoms with van der Waals surface area (Å²) < 4.78 is 5.40. The van der Waals surface area contributed by atoms with Gasteiger partial charge in [-0.3, -0.25) is 9.59 Å². The van der Waals surface area contributed by atoms with Gasteiger partial charge in [0.1, 0.15) is 17.7 Å². The third-order valence-electron chi connectivity index (χ3n) is 5.58. The van der Waals surface area contributed by atoms with E-state index in [9.17, 15) is 14.4 Å². The van der Waals surface area contributed by atoms with E-state index in [-0.39, 0.29) is 24.3 Å². The van der Waals surface area contributed by atoms with E-state index in [1.165, 1.54) is 4.90 Å². The molecule has 198 valence electrons. The Hall–Kier alpha value is -3.79. The van der Waals surface area contributed by atoms with Crippen LogP contribution in [0.2, 0.25) is 0 Å². The average Bonchev–Trinajstić information content (AvgIpc) is 2.84. The zero-order valence-electron chi connectivity index (χ0n) is 22.7. The van der Waals surface area contributed by atoms with Gasteiger partial charge in [-0.25, -0.2) is 4.79 Å². The summed E-state index contributed by atoms with van der Waals surface area (Å²) in [5.41, 5.74) is 1.53. The standard InChI is InChI=1S/C30H39N3O4/c1-8-22-15-17-24(18-16-22)26(27(34)31-20-23-13-11-10-12-14-23)33(9-2)28(35)25(19-21(3)4)32-29(36)37-30(5,6)7/h1,10-18,21,25-26H,9,19-20H2,2-7H3,(H,31,34)(H,32,36). The van der Waals surface area contributed by atoms with Crippen molar-refractivity contribution in [2.24, 2.45) is 5.92 Å². The Kier molecular flexibility index (Phi) is 10.7. The van der Waals surface area contributed by atoms with Crippen LogP contribution in [0.5, 0.6) is 0 Å². The van der Waals surface area contributed by atoms with E-state index in [0.29, 0.717) is 24.1 Å². The maximum Gasteiger partial charge on any atom is 0.408 e. The molecule has 0 saturated carbocycles. The molecule has 2 aromatic carbocycles. The van der Waals surface area contributed by atoms with Crippen LogP contribution in [-0.4, -0.2) is 41.0 Å². The van der Waals surface area contributed by atoms with Gasteiger partial charge in [-0.05, 0) is 63.3 Å². The van der Waals surface area contributed by atoms with E-state index in [2.05, 4.69) is 16.6 Å². The summed E-state index contributed by atoms with van der Waals surface area (Å²) in [7, 11) is 0. The third kappa shape index (κ3) is 9.30. The molecule has 0 spiro atoms. The van der Waals surface area contributed by atoms with Gasteiger partial charge < -0.3 is 20.3 Å². The Labute approximate surface area is 221 Å². The molecule has 2 N–H and O–H groups in total. The monoisotopic (exact) mass is 505 g/mol. The second-order valence-corrected chi connectivity index (χ2v) is 10.3. The van der Waals surface area contributed by atoms with Crippen molar-refractivity contribution in [2.75, 3.05) is 6.54 Å². The molecule has 0 aliphatic rings.